The maximum Gasteiger partial charge on any atom is 0.229 e. The van der Waals surface area contributed by atoms with Gasteiger partial charge < -0.3 is 11.1 Å². The van der Waals surface area contributed by atoms with E-state index in [-0.39, 0.29) is 5.92 Å². The lowest BCUT2D eigenvalue weighted by Crippen LogP contribution is -2.09. The lowest BCUT2D eigenvalue weighted by molar-refractivity contribution is 0.877. The van der Waals surface area contributed by atoms with Gasteiger partial charge in [-0.15, -0.1) is 0 Å². The number of nitrogen functional groups attached to an aromatic ring is 1. The third-order valence-electron chi connectivity index (χ3n) is 6.95. The van der Waals surface area contributed by atoms with Crippen molar-refractivity contribution in [2.24, 2.45) is 5.92 Å². The first kappa shape index (κ1) is 24.5. The molecule has 0 bridgehead atoms. The molecule has 4 rings (SSSR count). The summed E-state index contributed by atoms with van der Waals surface area (Å²) in [6.45, 7) is 17.2. The molecule has 0 amide bonds. The summed E-state index contributed by atoms with van der Waals surface area (Å²) in [5.41, 5.74) is 16.8. The van der Waals surface area contributed by atoms with Gasteiger partial charge in [-0.3, -0.25) is 0 Å². The van der Waals surface area contributed by atoms with Crippen molar-refractivity contribution in [3.05, 3.63) is 94.7 Å². The van der Waals surface area contributed by atoms with Gasteiger partial charge in [0.1, 0.15) is 5.82 Å². The Kier molecular flexibility index (Phi) is 6.93. The maximum atomic E-state index is 6.41. The predicted molar refractivity (Wildman–Crippen MR) is 150 cm³/mol. The van der Waals surface area contributed by atoms with Crippen LogP contribution >= 0.6 is 0 Å². The SMILES string of the molecule is C=C1C=CC(Nc2nc(N)c3cccc(-c4c(C)cc(C(C)/C=C(\C)CC)cc4C)c3n2)=CC1C. The van der Waals surface area contributed by atoms with Crippen molar-refractivity contribution < 1.29 is 0 Å². The van der Waals surface area contributed by atoms with E-state index in [1.54, 1.807) is 0 Å². The van der Waals surface area contributed by atoms with Crippen LogP contribution in [0, 0.1) is 19.8 Å². The van der Waals surface area contributed by atoms with Crippen LogP contribution in [0.5, 0.6) is 0 Å². The van der Waals surface area contributed by atoms with Gasteiger partial charge in [0.15, 0.2) is 0 Å². The Bertz CT molecular complexity index is 1370. The van der Waals surface area contributed by atoms with E-state index < -0.39 is 0 Å². The van der Waals surface area contributed by atoms with E-state index in [0.29, 0.717) is 17.7 Å². The van der Waals surface area contributed by atoms with Gasteiger partial charge >= 0.3 is 0 Å². The number of nitrogens with one attached hydrogen (secondary N) is 1. The molecular formula is C31H36N4. The second-order valence-electron chi connectivity index (χ2n) is 9.76. The highest BCUT2D eigenvalue weighted by Crippen LogP contribution is 2.36. The molecule has 3 N–H and O–H groups in total. The average Bonchev–Trinajstić information content (AvgIpc) is 2.81. The fourth-order valence-electron chi connectivity index (χ4n) is 4.75. The highest BCUT2D eigenvalue weighted by molar-refractivity contribution is 6.00. The fourth-order valence-corrected chi connectivity index (χ4v) is 4.75. The molecule has 3 aromatic rings. The minimum absolute atomic E-state index is 0.262. The van der Waals surface area contributed by atoms with Crippen molar-refractivity contribution in [3.63, 3.8) is 0 Å². The average molecular weight is 465 g/mol. The highest BCUT2D eigenvalue weighted by Gasteiger charge is 2.17. The number of allylic oxidation sites excluding steroid dienone is 6. The molecule has 4 heteroatoms. The second-order valence-corrected chi connectivity index (χ2v) is 9.76. The molecule has 0 aliphatic heterocycles. The smallest absolute Gasteiger partial charge is 0.229 e. The number of benzene rings is 2. The summed E-state index contributed by atoms with van der Waals surface area (Å²) in [5, 5.41) is 4.21. The molecule has 1 aliphatic rings. The van der Waals surface area contributed by atoms with Gasteiger partial charge in [0.25, 0.3) is 0 Å². The quantitative estimate of drug-likeness (QED) is 0.363. The normalized spacial score (nSPS) is 17.0. The van der Waals surface area contributed by atoms with Crippen LogP contribution in [0.2, 0.25) is 0 Å². The molecule has 35 heavy (non-hydrogen) atoms. The molecule has 0 radical (unpaired) electrons. The molecule has 1 aliphatic carbocycles. The van der Waals surface area contributed by atoms with Gasteiger partial charge in [-0.1, -0.05) is 75.4 Å². The van der Waals surface area contributed by atoms with Gasteiger partial charge in [0, 0.05) is 22.6 Å². The van der Waals surface area contributed by atoms with Crippen molar-refractivity contribution in [3.8, 4) is 11.1 Å². The van der Waals surface area contributed by atoms with Crippen molar-refractivity contribution in [2.75, 3.05) is 11.1 Å². The summed E-state index contributed by atoms with van der Waals surface area (Å²) < 4.78 is 0. The standard InChI is InChI=1S/C31H36N4/c1-8-18(2)14-21(5)24-15-22(6)28(23(7)16-24)26-10-9-11-27-29(26)34-31(35-30(27)32)33-25-13-12-19(3)20(4)17-25/h9-17,20-21H,3,8H2,1-2,4-7H3,(H3,32,33,34,35)/b18-14+. The lowest BCUT2D eigenvalue weighted by Gasteiger charge is -2.18. The summed E-state index contributed by atoms with van der Waals surface area (Å²) in [6, 6.07) is 10.8. The lowest BCUT2D eigenvalue weighted by atomic mass is 9.88. The van der Waals surface area contributed by atoms with Crippen LogP contribution in [0.25, 0.3) is 22.0 Å². The molecule has 4 nitrogen and oxygen atoms in total. The largest absolute Gasteiger partial charge is 0.383 e. The number of fused-ring (bicyclic) bond motifs is 1. The van der Waals surface area contributed by atoms with Crippen LogP contribution in [0.3, 0.4) is 0 Å². The Hall–Kier alpha value is -3.66. The molecule has 2 atom stereocenters. The molecule has 0 spiro atoms. The Morgan fingerprint density at radius 3 is 2.54 bits per heavy atom. The van der Waals surface area contributed by atoms with Crippen LogP contribution in [0.15, 0.2) is 78.1 Å². The zero-order chi connectivity index (χ0) is 25.3. The summed E-state index contributed by atoms with van der Waals surface area (Å²) in [6.07, 6.45) is 9.59. The number of rotatable bonds is 6. The number of nitrogens with zero attached hydrogens (tertiary/aromatic N) is 2. The molecule has 1 aromatic heterocycles. The van der Waals surface area contributed by atoms with Gasteiger partial charge in [0.05, 0.1) is 5.52 Å². The summed E-state index contributed by atoms with van der Waals surface area (Å²) in [7, 11) is 0. The van der Waals surface area contributed by atoms with Crippen LogP contribution < -0.4 is 11.1 Å². The van der Waals surface area contributed by atoms with Crippen LogP contribution in [0.4, 0.5) is 11.8 Å². The topological polar surface area (TPSA) is 63.8 Å². The number of hydrogen-bond donors (Lipinski definition) is 2. The van der Waals surface area contributed by atoms with Crippen molar-refractivity contribution in [1.82, 2.24) is 9.97 Å². The predicted octanol–water partition coefficient (Wildman–Crippen LogP) is 8.01. The molecule has 0 fully saturated rings. The Morgan fingerprint density at radius 2 is 1.89 bits per heavy atom. The van der Waals surface area contributed by atoms with Crippen LogP contribution in [-0.4, -0.2) is 9.97 Å². The van der Waals surface area contributed by atoms with E-state index in [2.05, 4.69) is 88.8 Å². The molecular weight excluding hydrogens is 428 g/mol. The molecule has 180 valence electrons. The van der Waals surface area contributed by atoms with Crippen LogP contribution in [-0.2, 0) is 0 Å². The fraction of sp³-hybridized carbons (Fsp3) is 0.290. The molecule has 2 unspecified atom stereocenters. The van der Waals surface area contributed by atoms with Gasteiger partial charge in [-0.25, -0.2) is 4.98 Å². The first-order valence-electron chi connectivity index (χ1n) is 12.4. The number of hydrogen-bond acceptors (Lipinski definition) is 4. The van der Waals surface area contributed by atoms with E-state index >= 15 is 0 Å². The number of aryl methyl sites for hydroxylation is 2. The highest BCUT2D eigenvalue weighted by atomic mass is 15.1. The van der Waals surface area contributed by atoms with Crippen LogP contribution in [0.1, 0.15) is 56.7 Å². The first-order chi connectivity index (χ1) is 16.7. The maximum absolute atomic E-state index is 6.41. The van der Waals surface area contributed by atoms with Crippen molar-refractivity contribution in [2.45, 2.75) is 53.9 Å². The van der Waals surface area contributed by atoms with E-state index in [1.165, 1.54) is 27.8 Å². The third-order valence-corrected chi connectivity index (χ3v) is 6.95. The summed E-state index contributed by atoms with van der Waals surface area (Å²) in [4.78, 5) is 9.48. The van der Waals surface area contributed by atoms with Crippen molar-refractivity contribution >= 4 is 22.7 Å². The van der Waals surface area contributed by atoms with E-state index in [9.17, 15) is 0 Å². The molecule has 0 saturated carbocycles. The zero-order valence-electron chi connectivity index (χ0n) is 21.7. The monoisotopic (exact) mass is 464 g/mol. The Labute approximate surface area is 209 Å². The zero-order valence-corrected chi connectivity index (χ0v) is 21.7. The van der Waals surface area contributed by atoms with E-state index in [1.807, 2.05) is 24.3 Å². The minimum atomic E-state index is 0.262. The Balaban J connectivity index is 1.79. The Morgan fingerprint density at radius 1 is 1.17 bits per heavy atom. The van der Waals surface area contributed by atoms with Gasteiger partial charge in [0.2, 0.25) is 5.95 Å². The first-order valence-corrected chi connectivity index (χ1v) is 12.4. The molecule has 0 saturated heterocycles. The van der Waals surface area contributed by atoms with E-state index in [4.69, 9.17) is 10.7 Å². The summed E-state index contributed by atoms with van der Waals surface area (Å²) in [5.74, 6) is 1.60. The van der Waals surface area contributed by atoms with Crippen molar-refractivity contribution in [1.29, 1.82) is 0 Å². The third kappa shape index (κ3) is 5.07. The minimum Gasteiger partial charge on any atom is -0.383 e. The number of aromatic nitrogens is 2. The van der Waals surface area contributed by atoms with Gasteiger partial charge in [-0.05, 0) is 73.1 Å². The van der Waals surface area contributed by atoms with Gasteiger partial charge in [-0.2, -0.15) is 4.98 Å². The molecule has 2 aromatic carbocycles. The molecule has 1 heterocycles. The number of para-hydroxylation sites is 1. The summed E-state index contributed by atoms with van der Waals surface area (Å²) >= 11 is 0. The second kappa shape index (κ2) is 9.91. The number of nitrogens with two attached hydrogens (primary N) is 1. The van der Waals surface area contributed by atoms with E-state index in [0.717, 1.165) is 34.2 Å². The number of anilines is 2.